The van der Waals surface area contributed by atoms with Crippen LogP contribution in [0.4, 0.5) is 10.5 Å². The van der Waals surface area contributed by atoms with E-state index < -0.39 is 5.54 Å². The molecule has 2 aromatic rings. The normalized spacial score (nSPS) is 16.3. The maximum absolute atomic E-state index is 11.9. The van der Waals surface area contributed by atoms with Gasteiger partial charge in [-0.2, -0.15) is 4.98 Å². The molecule has 7 nitrogen and oxygen atoms in total. The lowest BCUT2D eigenvalue weighted by Crippen LogP contribution is -2.34. The lowest BCUT2D eigenvalue weighted by molar-refractivity contribution is 0.249. The molecule has 0 unspecified atom stereocenters. The zero-order valence-corrected chi connectivity index (χ0v) is 13.1. The van der Waals surface area contributed by atoms with Crippen LogP contribution >= 0.6 is 0 Å². The van der Waals surface area contributed by atoms with Crippen LogP contribution < -0.4 is 16.4 Å². The first kappa shape index (κ1) is 15.5. The summed E-state index contributed by atoms with van der Waals surface area (Å²) in [6.07, 6.45) is 3.90. The highest BCUT2D eigenvalue weighted by molar-refractivity contribution is 5.89. The van der Waals surface area contributed by atoms with Crippen molar-refractivity contribution in [1.82, 2.24) is 15.5 Å². The molecule has 7 heteroatoms. The Morgan fingerprint density at radius 2 is 2.17 bits per heavy atom. The first-order valence-corrected chi connectivity index (χ1v) is 7.79. The molecule has 3 rings (SSSR count). The molecule has 0 aliphatic heterocycles. The van der Waals surface area contributed by atoms with Crippen LogP contribution in [0.25, 0.3) is 0 Å². The fourth-order valence-electron chi connectivity index (χ4n) is 2.81. The van der Waals surface area contributed by atoms with Crippen molar-refractivity contribution in [2.45, 2.75) is 44.7 Å². The van der Waals surface area contributed by atoms with E-state index in [1.807, 2.05) is 31.2 Å². The standard InChI is InChI=1S/C16H21N5O2/c1-11-5-4-6-12(9-11)19-15(22)18-10-13-20-14(21-23-13)16(17)7-2-3-8-16/h4-6,9H,2-3,7-8,10,17H2,1H3,(H2,18,19,22). The molecule has 0 atom stereocenters. The number of hydrogen-bond acceptors (Lipinski definition) is 5. The number of carbonyl (C=O) groups is 1. The average Bonchev–Trinajstić information content (AvgIpc) is 3.15. The van der Waals surface area contributed by atoms with Crippen molar-refractivity contribution in [1.29, 1.82) is 0 Å². The summed E-state index contributed by atoms with van der Waals surface area (Å²) in [5.74, 6) is 0.891. The van der Waals surface area contributed by atoms with Crippen molar-refractivity contribution in [2.75, 3.05) is 5.32 Å². The lowest BCUT2D eigenvalue weighted by Gasteiger charge is -2.17. The van der Waals surface area contributed by atoms with Crippen molar-refractivity contribution in [3.63, 3.8) is 0 Å². The van der Waals surface area contributed by atoms with E-state index >= 15 is 0 Å². The van der Waals surface area contributed by atoms with Crippen LogP contribution in [-0.4, -0.2) is 16.2 Å². The van der Waals surface area contributed by atoms with E-state index in [0.717, 1.165) is 36.9 Å². The van der Waals surface area contributed by atoms with Crippen LogP contribution in [0.3, 0.4) is 0 Å². The van der Waals surface area contributed by atoms with Gasteiger partial charge in [0, 0.05) is 5.69 Å². The number of urea groups is 1. The molecule has 1 aromatic carbocycles. The smallest absolute Gasteiger partial charge is 0.319 e. The third kappa shape index (κ3) is 3.68. The van der Waals surface area contributed by atoms with Gasteiger partial charge in [0.1, 0.15) is 0 Å². The van der Waals surface area contributed by atoms with Crippen molar-refractivity contribution >= 4 is 11.7 Å². The first-order valence-electron chi connectivity index (χ1n) is 7.79. The Balaban J connectivity index is 1.54. The SMILES string of the molecule is Cc1cccc(NC(=O)NCc2nc(C3(N)CCCC3)no2)c1. The molecule has 1 fully saturated rings. The Morgan fingerprint density at radius 3 is 2.91 bits per heavy atom. The van der Waals surface area contributed by atoms with Crippen LogP contribution in [-0.2, 0) is 12.1 Å². The maximum atomic E-state index is 11.9. The second-order valence-corrected chi connectivity index (χ2v) is 6.05. The maximum Gasteiger partial charge on any atom is 0.319 e. The summed E-state index contributed by atoms with van der Waals surface area (Å²) >= 11 is 0. The first-order chi connectivity index (χ1) is 11.0. The average molecular weight is 315 g/mol. The Morgan fingerprint density at radius 1 is 1.39 bits per heavy atom. The molecule has 1 heterocycles. The number of carbonyl (C=O) groups excluding carboxylic acids is 1. The summed E-state index contributed by atoms with van der Waals surface area (Å²) in [5.41, 5.74) is 7.62. The molecule has 1 aromatic heterocycles. The summed E-state index contributed by atoms with van der Waals surface area (Å²) in [6.45, 7) is 2.13. The van der Waals surface area contributed by atoms with Gasteiger partial charge in [0.2, 0.25) is 5.89 Å². The minimum Gasteiger partial charge on any atom is -0.337 e. The summed E-state index contributed by atoms with van der Waals surface area (Å²) < 4.78 is 5.18. The lowest BCUT2D eigenvalue weighted by atomic mass is 9.99. The largest absolute Gasteiger partial charge is 0.337 e. The molecule has 0 bridgehead atoms. The minimum absolute atomic E-state index is 0.167. The Bertz CT molecular complexity index is 691. The van der Waals surface area contributed by atoms with E-state index in [2.05, 4.69) is 20.8 Å². The van der Waals surface area contributed by atoms with Crippen LogP contribution in [0.2, 0.25) is 0 Å². The molecule has 23 heavy (non-hydrogen) atoms. The van der Waals surface area contributed by atoms with Gasteiger partial charge in [0.05, 0.1) is 12.1 Å². The highest BCUT2D eigenvalue weighted by Gasteiger charge is 2.35. The van der Waals surface area contributed by atoms with Gasteiger partial charge in [-0.05, 0) is 37.5 Å². The van der Waals surface area contributed by atoms with E-state index in [-0.39, 0.29) is 12.6 Å². The number of nitrogens with zero attached hydrogens (tertiary/aromatic N) is 2. The van der Waals surface area contributed by atoms with Crippen LogP contribution in [0.15, 0.2) is 28.8 Å². The Kier molecular flexibility index (Phi) is 4.29. The number of amides is 2. The summed E-state index contributed by atoms with van der Waals surface area (Å²) in [6, 6.07) is 7.25. The number of hydrogen-bond donors (Lipinski definition) is 3. The number of nitrogens with two attached hydrogens (primary N) is 1. The molecule has 0 saturated heterocycles. The van der Waals surface area contributed by atoms with E-state index in [9.17, 15) is 4.79 Å². The number of nitrogens with one attached hydrogen (secondary N) is 2. The molecular weight excluding hydrogens is 294 g/mol. The van der Waals surface area contributed by atoms with E-state index in [1.165, 1.54) is 0 Å². The fourth-order valence-corrected chi connectivity index (χ4v) is 2.81. The van der Waals surface area contributed by atoms with Gasteiger partial charge >= 0.3 is 6.03 Å². The molecule has 122 valence electrons. The summed E-state index contributed by atoms with van der Waals surface area (Å²) in [5, 5.41) is 9.41. The molecule has 0 radical (unpaired) electrons. The van der Waals surface area contributed by atoms with Crippen molar-refractivity contribution in [3.05, 3.63) is 41.5 Å². The van der Waals surface area contributed by atoms with Gasteiger partial charge in [-0.25, -0.2) is 4.79 Å². The van der Waals surface area contributed by atoms with Gasteiger partial charge in [-0.15, -0.1) is 0 Å². The Labute approximate surface area is 134 Å². The second kappa shape index (κ2) is 6.37. The predicted molar refractivity (Wildman–Crippen MR) is 85.7 cm³/mol. The van der Waals surface area contributed by atoms with Crippen LogP contribution in [0.1, 0.15) is 43.0 Å². The molecule has 4 N–H and O–H groups in total. The molecule has 1 aliphatic carbocycles. The quantitative estimate of drug-likeness (QED) is 0.803. The Hall–Kier alpha value is -2.41. The third-order valence-electron chi connectivity index (χ3n) is 4.09. The van der Waals surface area contributed by atoms with Crippen LogP contribution in [0.5, 0.6) is 0 Å². The van der Waals surface area contributed by atoms with E-state index in [1.54, 1.807) is 0 Å². The minimum atomic E-state index is -0.481. The van der Waals surface area contributed by atoms with Gasteiger partial charge in [0.15, 0.2) is 5.82 Å². The number of aryl methyl sites for hydroxylation is 1. The molecule has 1 aliphatic rings. The summed E-state index contributed by atoms with van der Waals surface area (Å²) in [4.78, 5) is 16.2. The van der Waals surface area contributed by atoms with Gasteiger partial charge in [-0.1, -0.05) is 30.1 Å². The van der Waals surface area contributed by atoms with Gasteiger partial charge in [-0.3, -0.25) is 0 Å². The van der Waals surface area contributed by atoms with Crippen molar-refractivity contribution in [3.8, 4) is 0 Å². The summed E-state index contributed by atoms with van der Waals surface area (Å²) in [7, 11) is 0. The van der Waals surface area contributed by atoms with Crippen molar-refractivity contribution < 1.29 is 9.32 Å². The number of aromatic nitrogens is 2. The highest BCUT2D eigenvalue weighted by atomic mass is 16.5. The van der Waals surface area contributed by atoms with E-state index in [0.29, 0.717) is 11.7 Å². The monoisotopic (exact) mass is 315 g/mol. The predicted octanol–water partition coefficient (Wildman–Crippen LogP) is 2.43. The number of rotatable bonds is 4. The molecule has 2 amide bonds. The molecule has 1 saturated carbocycles. The molecule has 0 spiro atoms. The second-order valence-electron chi connectivity index (χ2n) is 6.05. The van der Waals surface area contributed by atoms with E-state index in [4.69, 9.17) is 10.3 Å². The number of anilines is 1. The zero-order chi connectivity index (χ0) is 16.3. The highest BCUT2D eigenvalue weighted by Crippen LogP contribution is 2.34. The van der Waals surface area contributed by atoms with Gasteiger partial charge in [0.25, 0.3) is 0 Å². The van der Waals surface area contributed by atoms with Crippen molar-refractivity contribution in [2.24, 2.45) is 5.73 Å². The topological polar surface area (TPSA) is 106 Å². The number of benzene rings is 1. The third-order valence-corrected chi connectivity index (χ3v) is 4.09. The fraction of sp³-hybridized carbons (Fsp3) is 0.438. The molecular formula is C16H21N5O2. The van der Waals surface area contributed by atoms with Gasteiger partial charge < -0.3 is 20.9 Å². The van der Waals surface area contributed by atoms with Crippen LogP contribution in [0, 0.1) is 6.92 Å². The zero-order valence-electron chi connectivity index (χ0n) is 13.1.